The van der Waals surface area contributed by atoms with Crippen LogP contribution in [-0.2, 0) is 4.79 Å². The minimum atomic E-state index is 0.851. The number of rotatable bonds is 10. The third-order valence-corrected chi connectivity index (χ3v) is 4.34. The van der Waals surface area contributed by atoms with E-state index < -0.39 is 0 Å². The average Bonchev–Trinajstić information content (AvgIpc) is 2.68. The van der Waals surface area contributed by atoms with E-state index in [0.29, 0.717) is 0 Å². The lowest BCUT2D eigenvalue weighted by molar-refractivity contribution is 0.563. The molecule has 0 atom stereocenters. The fraction of sp³-hybridized carbons (Fsp3) is 0.280. The molecule has 2 aromatic carbocycles. The predicted molar refractivity (Wildman–Crippen MR) is 113 cm³/mol. The lowest BCUT2D eigenvalue weighted by atomic mass is 10.0. The van der Waals surface area contributed by atoms with Gasteiger partial charge < -0.3 is 0 Å². The third-order valence-electron chi connectivity index (χ3n) is 4.34. The Balaban J connectivity index is 1.61. The van der Waals surface area contributed by atoms with Crippen LogP contribution in [0.15, 0.2) is 72.3 Å². The van der Waals surface area contributed by atoms with Crippen molar-refractivity contribution in [3.8, 4) is 0 Å². The molecule has 0 bridgehead atoms. The quantitative estimate of drug-likeness (QED) is 0.341. The molecular weight excluding hydrogens is 316 g/mol. The Morgan fingerprint density at radius 3 is 1.88 bits per heavy atom. The molecule has 0 fully saturated rings. The fourth-order valence-electron chi connectivity index (χ4n) is 2.77. The van der Waals surface area contributed by atoms with E-state index in [1.54, 1.807) is 0 Å². The molecule has 0 saturated heterocycles. The van der Waals surface area contributed by atoms with Gasteiger partial charge in [-0.1, -0.05) is 84.5 Å². The van der Waals surface area contributed by atoms with Crippen LogP contribution in [0, 0.1) is 6.92 Å². The fourth-order valence-corrected chi connectivity index (χ4v) is 2.77. The van der Waals surface area contributed by atoms with E-state index in [4.69, 9.17) is 0 Å². The predicted octanol–water partition coefficient (Wildman–Crippen LogP) is 6.82. The van der Waals surface area contributed by atoms with Crippen molar-refractivity contribution in [3.63, 3.8) is 0 Å². The largest absolute Gasteiger partial charge is 0.234 e. The van der Waals surface area contributed by atoms with Gasteiger partial charge in [-0.3, -0.25) is 0 Å². The average molecular weight is 344 g/mol. The molecule has 0 saturated carbocycles. The first-order chi connectivity index (χ1) is 12.8. The Labute approximate surface area is 157 Å². The molecule has 0 unspecified atom stereocenters. The van der Waals surface area contributed by atoms with E-state index in [1.165, 1.54) is 16.7 Å². The Hall–Kier alpha value is -2.63. The van der Waals surface area contributed by atoms with Crippen molar-refractivity contribution in [2.24, 2.45) is 0 Å². The van der Waals surface area contributed by atoms with Crippen LogP contribution >= 0.6 is 0 Å². The molecular formula is C25H28O. The molecule has 1 nitrogen and oxygen atoms in total. The van der Waals surface area contributed by atoms with E-state index >= 15 is 0 Å². The first kappa shape index (κ1) is 19.7. The molecule has 0 aliphatic heterocycles. The first-order valence-electron chi connectivity index (χ1n) is 9.45. The van der Waals surface area contributed by atoms with Crippen LogP contribution in [0.3, 0.4) is 0 Å². The molecule has 0 aliphatic carbocycles. The van der Waals surface area contributed by atoms with Crippen molar-refractivity contribution in [2.75, 3.05) is 0 Å². The van der Waals surface area contributed by atoms with Crippen LogP contribution in [-0.4, -0.2) is 5.94 Å². The van der Waals surface area contributed by atoms with Crippen LogP contribution in [0.1, 0.15) is 55.2 Å². The molecule has 26 heavy (non-hydrogen) atoms. The highest BCUT2D eigenvalue weighted by molar-refractivity contribution is 5.52. The van der Waals surface area contributed by atoms with Gasteiger partial charge in [-0.25, -0.2) is 4.79 Å². The highest BCUT2D eigenvalue weighted by Gasteiger charge is 1.98. The van der Waals surface area contributed by atoms with Gasteiger partial charge in [-0.15, -0.1) is 0 Å². The summed E-state index contributed by atoms with van der Waals surface area (Å²) in [5.74, 6) is 2.14. The molecule has 0 aromatic heterocycles. The molecule has 0 spiro atoms. The van der Waals surface area contributed by atoms with Crippen LogP contribution in [0.2, 0.25) is 0 Å². The van der Waals surface area contributed by atoms with E-state index in [9.17, 15) is 4.79 Å². The molecule has 0 N–H and O–H groups in total. The van der Waals surface area contributed by atoms with Crippen LogP contribution in [0.25, 0.3) is 12.2 Å². The maximum absolute atomic E-state index is 11.1. The molecule has 0 amide bonds. The zero-order valence-electron chi connectivity index (χ0n) is 15.7. The van der Waals surface area contributed by atoms with Gasteiger partial charge in [-0.2, -0.15) is 0 Å². The number of aryl methyl sites for hydroxylation is 1. The molecule has 1 heteroatoms. The molecule has 0 heterocycles. The maximum Gasteiger partial charge on any atom is 0.123 e. The van der Waals surface area contributed by atoms with Gasteiger partial charge in [-0.05, 0) is 56.6 Å². The topological polar surface area (TPSA) is 17.1 Å². The molecule has 2 aromatic rings. The van der Waals surface area contributed by atoms with Gasteiger partial charge >= 0.3 is 0 Å². The zero-order chi connectivity index (χ0) is 18.5. The summed E-state index contributed by atoms with van der Waals surface area (Å²) in [4.78, 5) is 11.1. The van der Waals surface area contributed by atoms with Gasteiger partial charge in [0.25, 0.3) is 0 Å². The SMILES string of the molecule is Cc1ccc(/C=C/CCCC(=C=O)CCC/C=C/c2ccccc2)cc1. The second-order valence-electron chi connectivity index (χ2n) is 6.62. The third kappa shape index (κ3) is 7.96. The number of unbranched alkanes of at least 4 members (excludes halogenated alkanes) is 2. The number of hydrogen-bond acceptors (Lipinski definition) is 1. The summed E-state index contributed by atoms with van der Waals surface area (Å²) in [6, 6.07) is 18.8. The van der Waals surface area contributed by atoms with Crippen molar-refractivity contribution < 1.29 is 4.79 Å². The normalized spacial score (nSPS) is 11.1. The van der Waals surface area contributed by atoms with Crippen molar-refractivity contribution >= 4 is 18.1 Å². The lowest BCUT2D eigenvalue weighted by Gasteiger charge is -2.01. The smallest absolute Gasteiger partial charge is 0.123 e. The second kappa shape index (κ2) is 11.8. The molecule has 0 radical (unpaired) electrons. The Morgan fingerprint density at radius 2 is 1.35 bits per heavy atom. The van der Waals surface area contributed by atoms with E-state index in [1.807, 2.05) is 18.2 Å². The van der Waals surface area contributed by atoms with E-state index in [2.05, 4.69) is 73.6 Å². The van der Waals surface area contributed by atoms with Crippen molar-refractivity contribution in [2.45, 2.75) is 45.4 Å². The summed E-state index contributed by atoms with van der Waals surface area (Å²) in [5.41, 5.74) is 4.65. The van der Waals surface area contributed by atoms with Crippen molar-refractivity contribution in [1.82, 2.24) is 0 Å². The lowest BCUT2D eigenvalue weighted by Crippen LogP contribution is -1.86. The summed E-state index contributed by atoms with van der Waals surface area (Å²) in [6.07, 6.45) is 14.4. The van der Waals surface area contributed by atoms with Gasteiger partial charge in [0.05, 0.1) is 0 Å². The maximum atomic E-state index is 11.1. The van der Waals surface area contributed by atoms with Crippen LogP contribution in [0.5, 0.6) is 0 Å². The Morgan fingerprint density at radius 1 is 0.808 bits per heavy atom. The minimum absolute atomic E-state index is 0.851. The summed E-state index contributed by atoms with van der Waals surface area (Å²) in [6.45, 7) is 2.10. The van der Waals surface area contributed by atoms with Crippen molar-refractivity contribution in [1.29, 1.82) is 0 Å². The van der Waals surface area contributed by atoms with Gasteiger partial charge in [0.15, 0.2) is 0 Å². The molecule has 134 valence electrons. The number of allylic oxidation sites excluding steroid dienone is 3. The zero-order valence-corrected chi connectivity index (χ0v) is 15.7. The minimum Gasteiger partial charge on any atom is -0.234 e. The second-order valence-corrected chi connectivity index (χ2v) is 6.62. The van der Waals surface area contributed by atoms with Gasteiger partial charge in [0.1, 0.15) is 5.94 Å². The standard InChI is InChI=1S/C25H28O/c1-22-17-19-24(20-18-22)14-8-4-10-16-25(21-26)15-9-3-7-13-23-11-5-2-6-12-23/h2,5-8,11-14,17-20H,3-4,9-10,15-16H2,1H3/b13-7+,14-8+. The number of hydrogen-bond donors (Lipinski definition) is 0. The Kier molecular flexibility index (Phi) is 8.97. The Bertz CT molecular complexity index is 745. The van der Waals surface area contributed by atoms with Crippen LogP contribution < -0.4 is 0 Å². The number of carbonyl (C=O) groups excluding carboxylic acids is 1. The number of benzene rings is 2. The molecule has 2 rings (SSSR count). The highest BCUT2D eigenvalue weighted by atomic mass is 16.1. The van der Waals surface area contributed by atoms with Gasteiger partial charge in [0.2, 0.25) is 0 Å². The monoisotopic (exact) mass is 344 g/mol. The summed E-state index contributed by atoms with van der Waals surface area (Å²) in [5, 5.41) is 0. The summed E-state index contributed by atoms with van der Waals surface area (Å²) >= 11 is 0. The summed E-state index contributed by atoms with van der Waals surface area (Å²) < 4.78 is 0. The van der Waals surface area contributed by atoms with Crippen molar-refractivity contribution in [3.05, 3.63) is 89.0 Å². The van der Waals surface area contributed by atoms with Crippen LogP contribution in [0.4, 0.5) is 0 Å². The molecule has 0 aliphatic rings. The van der Waals surface area contributed by atoms with Gasteiger partial charge in [0, 0.05) is 5.57 Å². The highest BCUT2D eigenvalue weighted by Crippen LogP contribution is 2.14. The van der Waals surface area contributed by atoms with E-state index in [0.717, 1.165) is 44.1 Å². The van der Waals surface area contributed by atoms with E-state index in [-0.39, 0.29) is 0 Å². The summed E-state index contributed by atoms with van der Waals surface area (Å²) in [7, 11) is 0. The first-order valence-corrected chi connectivity index (χ1v) is 9.45.